The molecular formula is C83H108N14O18. The van der Waals surface area contributed by atoms with Gasteiger partial charge in [-0.25, -0.2) is 9.59 Å². The van der Waals surface area contributed by atoms with Crippen LogP contribution in [-0.4, -0.2) is 282 Å². The largest absolute Gasteiger partial charge is 0.465 e. The Morgan fingerprint density at radius 2 is 0.922 bits per heavy atom. The van der Waals surface area contributed by atoms with Crippen molar-refractivity contribution in [3.05, 3.63) is 144 Å². The van der Waals surface area contributed by atoms with E-state index in [2.05, 4.69) is 31.9 Å². The fourth-order valence-electron chi connectivity index (χ4n) is 16.0. The van der Waals surface area contributed by atoms with Crippen LogP contribution in [0.4, 0.5) is 0 Å². The third kappa shape index (κ3) is 22.9. The monoisotopic (exact) mass is 1590 g/mol. The average Bonchev–Trinajstić information content (AvgIpc) is 1.70. The molecule has 11 rings (SSSR count). The summed E-state index contributed by atoms with van der Waals surface area (Å²) in [6.07, 6.45) is 3.11. The number of nitrogens with two attached hydrogens (primary N) is 1. The third-order valence-corrected chi connectivity index (χ3v) is 21.9. The lowest BCUT2D eigenvalue weighted by molar-refractivity contribution is -0.158. The Kier molecular flexibility index (Phi) is 30.2. The number of cyclic esters (lactones) is 2. The second-order valence-electron chi connectivity index (χ2n) is 31.4. The molecule has 7 fully saturated rings. The summed E-state index contributed by atoms with van der Waals surface area (Å²) in [5, 5.41) is 16.6. The van der Waals surface area contributed by atoms with Crippen LogP contribution in [0.25, 0.3) is 0 Å². The van der Waals surface area contributed by atoms with Gasteiger partial charge in [0, 0.05) is 65.1 Å². The number of nitrogens with one attached hydrogen (secondary N) is 6. The third-order valence-electron chi connectivity index (χ3n) is 21.9. The van der Waals surface area contributed by atoms with E-state index in [1.165, 1.54) is 43.4 Å². The highest BCUT2D eigenvalue weighted by Gasteiger charge is 2.50. The van der Waals surface area contributed by atoms with Crippen molar-refractivity contribution < 1.29 is 86.1 Å². The molecule has 0 aromatic heterocycles. The first kappa shape index (κ1) is 86.3. The van der Waals surface area contributed by atoms with Gasteiger partial charge in [-0.2, -0.15) is 0 Å². The number of carbonyl (C=O) groups is 15. The van der Waals surface area contributed by atoms with Crippen molar-refractivity contribution in [2.45, 2.75) is 190 Å². The molecule has 4 aromatic rings. The van der Waals surface area contributed by atoms with Gasteiger partial charge in [0.25, 0.3) is 0 Å². The maximum absolute atomic E-state index is 14.6. The van der Waals surface area contributed by atoms with E-state index in [9.17, 15) is 71.9 Å². The maximum Gasteiger partial charge on any atom is 0.328 e. The highest BCUT2D eigenvalue weighted by atomic mass is 16.5. The Morgan fingerprint density at radius 3 is 1.40 bits per heavy atom. The molecule has 7 aliphatic rings. The number of hydrogen-bond acceptors (Lipinski definition) is 20. The normalized spacial score (nSPS) is 26.4. The van der Waals surface area contributed by atoms with E-state index in [-0.39, 0.29) is 109 Å². The molecule has 8 N–H and O–H groups in total. The molecule has 7 saturated heterocycles. The van der Waals surface area contributed by atoms with Gasteiger partial charge in [-0.15, -0.1) is 0 Å². The van der Waals surface area contributed by atoms with Gasteiger partial charge in [0.1, 0.15) is 85.7 Å². The summed E-state index contributed by atoms with van der Waals surface area (Å²) in [4.78, 5) is 217. The first-order valence-electron chi connectivity index (χ1n) is 39.7. The lowest BCUT2D eigenvalue weighted by Gasteiger charge is -2.39. The summed E-state index contributed by atoms with van der Waals surface area (Å²) in [6, 6.07) is 22.1. The number of rotatable bonds is 19. The van der Waals surface area contributed by atoms with Gasteiger partial charge in [0.15, 0.2) is 0 Å². The molecule has 32 nitrogen and oxygen atoms in total. The number of piperidine rings is 1. The lowest BCUT2D eigenvalue weighted by atomic mass is 9.99. The second-order valence-corrected chi connectivity index (χ2v) is 31.4. The van der Waals surface area contributed by atoms with Crippen LogP contribution in [0, 0.1) is 11.8 Å². The quantitative estimate of drug-likeness (QED) is 0.0483. The smallest absolute Gasteiger partial charge is 0.328 e. The van der Waals surface area contributed by atoms with E-state index >= 15 is 0 Å². The molecule has 4 aromatic carbocycles. The fourth-order valence-corrected chi connectivity index (χ4v) is 16.0. The van der Waals surface area contributed by atoms with Crippen molar-refractivity contribution in [1.29, 1.82) is 0 Å². The number of ether oxygens (including phenoxy) is 3. The second kappa shape index (κ2) is 40.2. The van der Waals surface area contributed by atoms with Crippen molar-refractivity contribution in [2.75, 3.05) is 80.2 Å². The number of nitrogens with zero attached hydrogens (tertiary/aromatic N) is 7. The number of hydrogen-bond donors (Lipinski definition) is 7. The zero-order valence-electron chi connectivity index (χ0n) is 66.3. The van der Waals surface area contributed by atoms with Gasteiger partial charge >= 0.3 is 17.9 Å². The van der Waals surface area contributed by atoms with Gasteiger partial charge in [-0.1, -0.05) is 135 Å². The molecule has 0 radical (unpaired) electrons. The lowest BCUT2D eigenvalue weighted by Crippen LogP contribution is -2.62. The Balaban J connectivity index is 0.000000244. The van der Waals surface area contributed by atoms with Crippen LogP contribution in [-0.2, 0) is 112 Å². The molecule has 0 aliphatic carbocycles. The molecule has 115 heavy (non-hydrogen) atoms. The van der Waals surface area contributed by atoms with Gasteiger partial charge in [-0.05, 0) is 113 Å². The predicted octanol–water partition coefficient (Wildman–Crippen LogP) is 0.102. The van der Waals surface area contributed by atoms with E-state index in [0.717, 1.165) is 22.3 Å². The molecule has 32 heteroatoms. The van der Waals surface area contributed by atoms with Gasteiger partial charge in [0.05, 0.1) is 26.0 Å². The van der Waals surface area contributed by atoms with Crippen LogP contribution in [0.2, 0.25) is 0 Å². The molecule has 0 saturated carbocycles. The van der Waals surface area contributed by atoms with E-state index in [0.29, 0.717) is 32.1 Å². The van der Waals surface area contributed by atoms with Crippen molar-refractivity contribution in [3.8, 4) is 0 Å². The van der Waals surface area contributed by atoms with Crippen molar-refractivity contribution in [3.63, 3.8) is 0 Å². The van der Waals surface area contributed by atoms with Gasteiger partial charge in [-0.3, -0.25) is 67.2 Å². The summed E-state index contributed by atoms with van der Waals surface area (Å²) in [5.74, 6) is -9.17. The van der Waals surface area contributed by atoms with Crippen molar-refractivity contribution in [2.24, 2.45) is 17.6 Å². The summed E-state index contributed by atoms with van der Waals surface area (Å²) >= 11 is 0. The Morgan fingerprint density at radius 1 is 0.496 bits per heavy atom. The molecule has 12 amide bonds. The van der Waals surface area contributed by atoms with E-state index in [1.54, 1.807) is 86.6 Å². The Hall–Kier alpha value is -11.1. The number of benzene rings is 4. The zero-order chi connectivity index (χ0) is 82.7. The Bertz CT molecular complexity index is 4160. The van der Waals surface area contributed by atoms with Crippen LogP contribution in [0.1, 0.15) is 108 Å². The molecule has 618 valence electrons. The average molecular weight is 1590 g/mol. The molecule has 0 spiro atoms. The molecule has 15 atom stereocenters. The first-order valence-corrected chi connectivity index (χ1v) is 39.7. The van der Waals surface area contributed by atoms with Crippen molar-refractivity contribution >= 4 is 88.8 Å². The Labute approximate surface area is 669 Å². The first-order chi connectivity index (χ1) is 55.0. The standard InChI is InChI=1S/C43H57N7O10.C40H51N7O8/c1-27-21-35-43(58)60-26-32(46-38(53)31(22-29-13-8-6-9-14-29)45-36(51)23-30-15-10-7-11-16-30)41(56)49-19-12-17-34(49)42(57)48(5)33(18-20-59-37(52)25-47(3)4)39(54)44-28(2)40(55)50(35)24-27;1-24-17-33-40(54)55-23-30(44-35(49)29(18-26-11-5-3-6-12-26)43-34(48)19-27-13-7-4-8-14-27)38(52)47-22-28(41)20-32(47)39(53)45-16-10-9-15-31(45)36(50)42-25(2)37(51)46(33)21-24/h6-11,13-16,27-28,31-35H,12,17-26H2,1-5H3,(H,44,54)(H,45,51)(H,46,53);3-8,11-14,24-25,28-33H,9-10,15-23,41H2,1-2H3,(H,42,50)(H,43,48)(H,44,49)/t27-,28+,31+,32+,33+,34+,35+;24-,25+,28?,29+,30+,31+,32+,33+/m11/s1. The topological polar surface area (TPSA) is 405 Å². The van der Waals surface area contributed by atoms with Gasteiger partial charge in [0.2, 0.25) is 70.9 Å². The number of esters is 3. The summed E-state index contributed by atoms with van der Waals surface area (Å²) in [5.41, 5.74) is 9.34. The van der Waals surface area contributed by atoms with Crippen LogP contribution >= 0.6 is 0 Å². The fraction of sp³-hybridized carbons (Fsp3) is 0.530. The SMILES string of the molecule is C[C@@H]1C[C@H]2C(=O)OC[C@H](NC(=O)[C@H](Cc3ccccc3)NC(=O)Cc3ccccc3)C(=O)N3CC(N)C[C@H]3C(=O)N3CCCC[C@H]3C(=O)N[C@@H](C)C(=O)N2C1.C[C@@H]1C[C@H]2C(=O)OC[C@H](NC(=O)[C@H](Cc3ccccc3)NC(=O)Cc3ccccc3)C(=O)N3CCC[C@H]3C(=O)N(C)[C@@H](CCOC(=O)CN(C)C)C(=O)N[C@@H](C)C(=O)N2C1. The van der Waals surface area contributed by atoms with Crippen LogP contribution in [0.5, 0.6) is 0 Å². The maximum atomic E-state index is 14.6. The van der Waals surface area contributed by atoms with Crippen LogP contribution in [0.3, 0.4) is 0 Å². The number of fused-ring (bicyclic) bond motifs is 5. The number of amides is 12. The van der Waals surface area contributed by atoms with E-state index in [1.807, 2.05) is 74.5 Å². The highest BCUT2D eigenvalue weighted by molar-refractivity contribution is 6.00. The summed E-state index contributed by atoms with van der Waals surface area (Å²) in [6.45, 7) is 6.21. The zero-order valence-corrected chi connectivity index (χ0v) is 66.3. The number of likely N-dealkylation sites (N-methyl/N-ethyl adjacent to an activating group) is 2. The van der Waals surface area contributed by atoms with Gasteiger partial charge < -0.3 is 81.2 Å². The summed E-state index contributed by atoms with van der Waals surface area (Å²) in [7, 11) is 4.81. The minimum Gasteiger partial charge on any atom is -0.465 e. The minimum atomic E-state index is -1.49. The highest BCUT2D eigenvalue weighted by Crippen LogP contribution is 2.31. The molecule has 1 unspecified atom stereocenters. The van der Waals surface area contributed by atoms with Crippen LogP contribution in [0.15, 0.2) is 121 Å². The van der Waals surface area contributed by atoms with Crippen molar-refractivity contribution in [1.82, 2.24) is 66.2 Å². The van der Waals surface area contributed by atoms with E-state index in [4.69, 9.17) is 19.9 Å². The molecule has 0 bridgehead atoms. The molecule has 7 heterocycles. The number of carbonyl (C=O) groups excluding carboxylic acids is 15. The van der Waals surface area contributed by atoms with Crippen LogP contribution < -0.4 is 37.6 Å². The predicted molar refractivity (Wildman–Crippen MR) is 417 cm³/mol. The molecule has 7 aliphatic heterocycles. The molecular weight excluding hydrogens is 1480 g/mol. The minimum absolute atomic E-state index is 0.00105. The van der Waals surface area contributed by atoms with E-state index < -0.39 is 181 Å². The summed E-state index contributed by atoms with van der Waals surface area (Å²) < 4.78 is 16.9.